The number of halogens is 3. The lowest BCUT2D eigenvalue weighted by Crippen LogP contribution is -2.29. The molecule has 0 saturated carbocycles. The summed E-state index contributed by atoms with van der Waals surface area (Å²) in [6, 6.07) is 7.21. The van der Waals surface area contributed by atoms with Gasteiger partial charge in [0, 0.05) is 12.1 Å². The third kappa shape index (κ3) is 5.37. The van der Waals surface area contributed by atoms with Gasteiger partial charge in [-0.05, 0) is 30.7 Å². The van der Waals surface area contributed by atoms with Crippen molar-refractivity contribution >= 4 is 11.9 Å². The van der Waals surface area contributed by atoms with Crippen molar-refractivity contribution in [2.45, 2.75) is 25.9 Å². The standard InChI is InChI=1S/C18H18F3NO4/c1-2-3-9-22-16(23)11-25-17(24)15-8-7-14(26-15)12-5-4-6-13(10-12)18(19,20)21/h4-8,10H,2-3,9,11H2,1H3,(H,22,23). The number of ether oxygens (including phenoxy) is 1. The van der Waals surface area contributed by atoms with Crippen molar-refractivity contribution in [3.05, 3.63) is 47.7 Å². The summed E-state index contributed by atoms with van der Waals surface area (Å²) in [6.45, 7) is 2.01. The van der Waals surface area contributed by atoms with Gasteiger partial charge in [-0.25, -0.2) is 4.79 Å². The average molecular weight is 369 g/mol. The van der Waals surface area contributed by atoms with E-state index in [0.717, 1.165) is 25.0 Å². The van der Waals surface area contributed by atoms with Gasteiger partial charge in [-0.3, -0.25) is 4.79 Å². The maximum atomic E-state index is 12.8. The quantitative estimate of drug-likeness (QED) is 0.591. The first-order valence-electron chi connectivity index (χ1n) is 8.02. The van der Waals surface area contributed by atoms with Gasteiger partial charge in [0.15, 0.2) is 6.61 Å². The zero-order chi connectivity index (χ0) is 19.2. The summed E-state index contributed by atoms with van der Waals surface area (Å²) in [5.41, 5.74) is -0.643. The molecule has 5 nitrogen and oxygen atoms in total. The first-order chi connectivity index (χ1) is 12.3. The second-order valence-electron chi connectivity index (χ2n) is 5.52. The van der Waals surface area contributed by atoms with Crippen LogP contribution in [0.2, 0.25) is 0 Å². The van der Waals surface area contributed by atoms with Crippen molar-refractivity contribution in [1.29, 1.82) is 0 Å². The van der Waals surface area contributed by atoms with Gasteiger partial charge in [0.25, 0.3) is 5.91 Å². The molecule has 2 aromatic rings. The minimum atomic E-state index is -4.48. The molecule has 1 aromatic carbocycles. The van der Waals surface area contributed by atoms with Gasteiger partial charge in [-0.1, -0.05) is 25.5 Å². The van der Waals surface area contributed by atoms with Crippen LogP contribution < -0.4 is 5.32 Å². The highest BCUT2D eigenvalue weighted by atomic mass is 19.4. The van der Waals surface area contributed by atoms with Crippen LogP contribution in [-0.4, -0.2) is 25.0 Å². The monoisotopic (exact) mass is 369 g/mol. The van der Waals surface area contributed by atoms with Crippen LogP contribution in [0.15, 0.2) is 40.8 Å². The molecule has 0 unspecified atom stereocenters. The summed E-state index contributed by atoms with van der Waals surface area (Å²) in [6.07, 6.45) is -2.74. The molecule has 0 aliphatic heterocycles. The molecule has 140 valence electrons. The Morgan fingerprint density at radius 2 is 1.96 bits per heavy atom. The van der Waals surface area contributed by atoms with E-state index in [-0.39, 0.29) is 17.1 Å². The molecule has 0 aliphatic carbocycles. The fourth-order valence-corrected chi connectivity index (χ4v) is 2.11. The van der Waals surface area contributed by atoms with Gasteiger partial charge in [0.2, 0.25) is 5.76 Å². The summed E-state index contributed by atoms with van der Waals surface area (Å²) >= 11 is 0. The van der Waals surface area contributed by atoms with Crippen LogP contribution in [0.3, 0.4) is 0 Å². The van der Waals surface area contributed by atoms with E-state index in [0.29, 0.717) is 6.54 Å². The Morgan fingerprint density at radius 1 is 1.19 bits per heavy atom. The Kier molecular flexibility index (Phi) is 6.43. The van der Waals surface area contributed by atoms with Crippen molar-refractivity contribution in [2.24, 2.45) is 0 Å². The maximum Gasteiger partial charge on any atom is 0.416 e. The summed E-state index contributed by atoms with van der Waals surface area (Å²) < 4.78 is 48.4. The lowest BCUT2D eigenvalue weighted by atomic mass is 10.1. The van der Waals surface area contributed by atoms with Crippen molar-refractivity contribution < 1.29 is 31.9 Å². The highest BCUT2D eigenvalue weighted by molar-refractivity contribution is 5.89. The Hall–Kier alpha value is -2.77. The number of benzene rings is 1. The molecule has 2 rings (SSSR count). The van der Waals surface area contributed by atoms with Gasteiger partial charge in [0.05, 0.1) is 5.56 Å². The lowest BCUT2D eigenvalue weighted by molar-refractivity contribution is -0.137. The van der Waals surface area contributed by atoms with E-state index in [2.05, 4.69) is 5.32 Å². The van der Waals surface area contributed by atoms with E-state index in [4.69, 9.17) is 9.15 Å². The second kappa shape index (κ2) is 8.55. The molecule has 1 aromatic heterocycles. The minimum Gasteiger partial charge on any atom is -0.450 e. The summed E-state index contributed by atoms with van der Waals surface area (Å²) in [5.74, 6) is -1.40. The lowest BCUT2D eigenvalue weighted by Gasteiger charge is -2.07. The zero-order valence-corrected chi connectivity index (χ0v) is 14.1. The first-order valence-corrected chi connectivity index (χ1v) is 8.02. The van der Waals surface area contributed by atoms with E-state index >= 15 is 0 Å². The molecule has 0 bridgehead atoms. The Labute approximate surface area is 148 Å². The number of amides is 1. The van der Waals surface area contributed by atoms with Crippen LogP contribution in [0.25, 0.3) is 11.3 Å². The summed E-state index contributed by atoms with van der Waals surface area (Å²) in [7, 11) is 0. The fourth-order valence-electron chi connectivity index (χ4n) is 2.11. The highest BCUT2D eigenvalue weighted by Gasteiger charge is 2.30. The van der Waals surface area contributed by atoms with Gasteiger partial charge in [0.1, 0.15) is 5.76 Å². The van der Waals surface area contributed by atoms with E-state index in [1.165, 1.54) is 24.3 Å². The molecule has 0 fully saturated rings. The number of rotatable bonds is 7. The molecule has 1 N–H and O–H groups in total. The Balaban J connectivity index is 1.99. The molecule has 26 heavy (non-hydrogen) atoms. The molecular formula is C18H18F3NO4. The molecule has 8 heteroatoms. The molecule has 1 amide bonds. The number of carbonyl (C=O) groups excluding carboxylic acids is 2. The largest absolute Gasteiger partial charge is 0.450 e. The Morgan fingerprint density at radius 3 is 2.65 bits per heavy atom. The van der Waals surface area contributed by atoms with Crippen LogP contribution in [0.4, 0.5) is 13.2 Å². The zero-order valence-electron chi connectivity index (χ0n) is 14.1. The number of alkyl halides is 3. The SMILES string of the molecule is CCCCNC(=O)COC(=O)c1ccc(-c2cccc(C(F)(F)F)c2)o1. The van der Waals surface area contributed by atoms with E-state index in [1.807, 2.05) is 6.92 Å². The van der Waals surface area contributed by atoms with Crippen LogP contribution in [0.5, 0.6) is 0 Å². The number of nitrogens with one attached hydrogen (secondary N) is 1. The second-order valence-corrected chi connectivity index (χ2v) is 5.52. The molecular weight excluding hydrogens is 351 g/mol. The van der Waals surface area contributed by atoms with Crippen LogP contribution >= 0.6 is 0 Å². The van der Waals surface area contributed by atoms with Crippen molar-refractivity contribution in [3.63, 3.8) is 0 Å². The van der Waals surface area contributed by atoms with Crippen LogP contribution in [0, 0.1) is 0 Å². The van der Waals surface area contributed by atoms with Crippen molar-refractivity contribution in [3.8, 4) is 11.3 Å². The predicted octanol–water partition coefficient (Wildman–Crippen LogP) is 4.04. The molecule has 0 radical (unpaired) electrons. The van der Waals surface area contributed by atoms with E-state index < -0.39 is 30.2 Å². The van der Waals surface area contributed by atoms with Gasteiger partial charge >= 0.3 is 12.1 Å². The smallest absolute Gasteiger partial charge is 0.416 e. The number of carbonyl (C=O) groups is 2. The third-order valence-electron chi connectivity index (χ3n) is 3.47. The normalized spacial score (nSPS) is 11.2. The molecule has 0 atom stereocenters. The van der Waals surface area contributed by atoms with Crippen LogP contribution in [-0.2, 0) is 15.7 Å². The van der Waals surface area contributed by atoms with E-state index in [1.54, 1.807) is 0 Å². The average Bonchev–Trinajstić information content (AvgIpc) is 3.09. The number of unbranched alkanes of at least 4 members (excludes halogenated alkanes) is 1. The molecule has 0 aliphatic rings. The number of furan rings is 1. The highest BCUT2D eigenvalue weighted by Crippen LogP contribution is 2.32. The van der Waals surface area contributed by atoms with Crippen LogP contribution in [0.1, 0.15) is 35.9 Å². The van der Waals surface area contributed by atoms with Crippen molar-refractivity contribution in [2.75, 3.05) is 13.2 Å². The summed E-state index contributed by atoms with van der Waals surface area (Å²) in [4.78, 5) is 23.4. The maximum absolute atomic E-state index is 12.8. The predicted molar refractivity (Wildman–Crippen MR) is 87.3 cm³/mol. The Bertz CT molecular complexity index is 768. The first kappa shape index (κ1) is 19.6. The van der Waals surface area contributed by atoms with Gasteiger partial charge < -0.3 is 14.5 Å². The minimum absolute atomic E-state index is 0.0930. The summed E-state index contributed by atoms with van der Waals surface area (Å²) in [5, 5.41) is 2.59. The van der Waals surface area contributed by atoms with Gasteiger partial charge in [-0.15, -0.1) is 0 Å². The fraction of sp³-hybridized carbons (Fsp3) is 0.333. The topological polar surface area (TPSA) is 68.5 Å². The van der Waals surface area contributed by atoms with E-state index in [9.17, 15) is 22.8 Å². The number of hydrogen-bond donors (Lipinski definition) is 1. The molecule has 1 heterocycles. The molecule has 0 saturated heterocycles. The van der Waals surface area contributed by atoms with Gasteiger partial charge in [-0.2, -0.15) is 13.2 Å². The third-order valence-corrected chi connectivity index (χ3v) is 3.47. The van der Waals surface area contributed by atoms with Crippen molar-refractivity contribution in [1.82, 2.24) is 5.32 Å². The number of hydrogen-bond acceptors (Lipinski definition) is 4. The molecule has 0 spiro atoms. The number of esters is 1.